The highest BCUT2D eigenvalue weighted by Crippen LogP contribution is 2.47. The van der Waals surface area contributed by atoms with E-state index in [4.69, 9.17) is 21.4 Å². The highest BCUT2D eigenvalue weighted by Gasteiger charge is 2.46. The Morgan fingerprint density at radius 1 is 1.28 bits per heavy atom. The molecule has 5 heteroatoms. The SMILES string of the molecule is C/C(O)=C\C1(C)Oc2ccccc2C2CC(c3ccc(Cl)cc3)=NN21. The Hall–Kier alpha value is -2.46. The molecule has 2 unspecified atom stereocenters. The van der Waals surface area contributed by atoms with E-state index < -0.39 is 5.72 Å². The molecular weight excluding hydrogens is 336 g/mol. The van der Waals surface area contributed by atoms with Crippen molar-refractivity contribution in [1.82, 2.24) is 5.01 Å². The summed E-state index contributed by atoms with van der Waals surface area (Å²) in [4.78, 5) is 0. The van der Waals surface area contributed by atoms with Gasteiger partial charge in [-0.1, -0.05) is 41.9 Å². The van der Waals surface area contributed by atoms with Gasteiger partial charge in [0.05, 0.1) is 17.5 Å². The molecule has 4 rings (SSSR count). The quantitative estimate of drug-likeness (QED) is 0.766. The lowest BCUT2D eigenvalue weighted by Crippen LogP contribution is -2.50. The van der Waals surface area contributed by atoms with Crippen LogP contribution in [0.5, 0.6) is 5.75 Å². The highest BCUT2D eigenvalue weighted by atomic mass is 35.5. The van der Waals surface area contributed by atoms with E-state index in [0.717, 1.165) is 29.0 Å². The number of aliphatic hydroxyl groups is 1. The van der Waals surface area contributed by atoms with Crippen LogP contribution in [0.2, 0.25) is 5.02 Å². The first kappa shape index (κ1) is 16.0. The van der Waals surface area contributed by atoms with Crippen molar-refractivity contribution >= 4 is 17.3 Å². The molecule has 0 saturated heterocycles. The number of hydrogen-bond donors (Lipinski definition) is 1. The number of aliphatic hydroxyl groups excluding tert-OH is 1. The molecule has 2 aliphatic rings. The van der Waals surface area contributed by atoms with Crippen molar-refractivity contribution in [3.8, 4) is 5.75 Å². The molecule has 2 heterocycles. The van der Waals surface area contributed by atoms with Crippen molar-refractivity contribution in [3.63, 3.8) is 0 Å². The lowest BCUT2D eigenvalue weighted by Gasteiger charge is -2.44. The number of ether oxygens (including phenoxy) is 1. The average molecular weight is 355 g/mol. The van der Waals surface area contributed by atoms with E-state index in [-0.39, 0.29) is 11.8 Å². The normalized spacial score (nSPS) is 25.1. The van der Waals surface area contributed by atoms with Gasteiger partial charge in [-0.05, 0) is 30.7 Å². The zero-order chi connectivity index (χ0) is 17.6. The van der Waals surface area contributed by atoms with Gasteiger partial charge in [0.25, 0.3) is 0 Å². The fraction of sp³-hybridized carbons (Fsp3) is 0.250. The molecule has 0 aliphatic carbocycles. The van der Waals surface area contributed by atoms with E-state index in [1.54, 1.807) is 13.0 Å². The molecule has 0 aromatic heterocycles. The summed E-state index contributed by atoms with van der Waals surface area (Å²) in [5.41, 5.74) is 2.30. The maximum absolute atomic E-state index is 9.84. The van der Waals surface area contributed by atoms with Crippen LogP contribution in [0.25, 0.3) is 0 Å². The summed E-state index contributed by atoms with van der Waals surface area (Å²) >= 11 is 6.00. The monoisotopic (exact) mass is 354 g/mol. The summed E-state index contributed by atoms with van der Waals surface area (Å²) in [5, 5.41) is 17.3. The van der Waals surface area contributed by atoms with Crippen LogP contribution in [0.1, 0.15) is 37.4 Å². The molecule has 2 aromatic rings. The van der Waals surface area contributed by atoms with Gasteiger partial charge >= 0.3 is 0 Å². The number of rotatable bonds is 2. The molecule has 25 heavy (non-hydrogen) atoms. The zero-order valence-corrected chi connectivity index (χ0v) is 14.9. The van der Waals surface area contributed by atoms with Crippen LogP contribution in [0.4, 0.5) is 0 Å². The fourth-order valence-corrected chi connectivity index (χ4v) is 3.71. The first-order chi connectivity index (χ1) is 12.0. The van der Waals surface area contributed by atoms with Gasteiger partial charge in [-0.2, -0.15) is 5.10 Å². The molecule has 0 radical (unpaired) electrons. The number of hydrogen-bond acceptors (Lipinski definition) is 4. The molecule has 0 bridgehead atoms. The summed E-state index contributed by atoms with van der Waals surface area (Å²) in [6, 6.07) is 15.8. The molecule has 0 amide bonds. The Kier molecular flexibility index (Phi) is 3.73. The number of halogens is 1. The van der Waals surface area contributed by atoms with Gasteiger partial charge in [-0.25, -0.2) is 5.01 Å². The third-order valence-electron chi connectivity index (χ3n) is 4.61. The number of allylic oxidation sites excluding steroid dienone is 1. The van der Waals surface area contributed by atoms with Gasteiger partial charge in [0.15, 0.2) is 0 Å². The molecule has 4 nitrogen and oxygen atoms in total. The minimum atomic E-state index is -0.841. The lowest BCUT2D eigenvalue weighted by molar-refractivity contribution is -0.0697. The average Bonchev–Trinajstić information content (AvgIpc) is 3.01. The number of nitrogens with zero attached hydrogens (tertiary/aromatic N) is 2. The fourth-order valence-electron chi connectivity index (χ4n) is 3.58. The molecule has 0 spiro atoms. The van der Waals surface area contributed by atoms with E-state index in [1.807, 2.05) is 54.4 Å². The summed E-state index contributed by atoms with van der Waals surface area (Å²) in [6.45, 7) is 3.56. The van der Waals surface area contributed by atoms with Crippen LogP contribution in [0.15, 0.2) is 65.5 Å². The third-order valence-corrected chi connectivity index (χ3v) is 4.87. The first-order valence-electron chi connectivity index (χ1n) is 8.25. The standard InChI is InChI=1S/C20H19ClN2O2/c1-13(24)12-20(2)23-18(16-5-3-4-6-19(16)25-20)11-17(22-23)14-7-9-15(21)10-8-14/h3-10,12,18,24H,11H2,1-2H3/b13-12+. The van der Waals surface area contributed by atoms with Gasteiger partial charge in [-0.3, -0.25) is 0 Å². The Morgan fingerprint density at radius 3 is 2.72 bits per heavy atom. The lowest BCUT2D eigenvalue weighted by atomic mass is 9.95. The minimum absolute atomic E-state index is 0.0660. The third kappa shape index (κ3) is 2.76. The van der Waals surface area contributed by atoms with Crippen LogP contribution in [-0.2, 0) is 0 Å². The van der Waals surface area contributed by atoms with Gasteiger partial charge in [-0.15, -0.1) is 0 Å². The number of fused-ring (bicyclic) bond motifs is 3. The number of hydrazone groups is 1. The first-order valence-corrected chi connectivity index (χ1v) is 8.63. The zero-order valence-electron chi connectivity index (χ0n) is 14.1. The van der Waals surface area contributed by atoms with E-state index in [9.17, 15) is 5.11 Å². The van der Waals surface area contributed by atoms with Crippen molar-refractivity contribution in [1.29, 1.82) is 0 Å². The van der Waals surface area contributed by atoms with Crippen LogP contribution in [0, 0.1) is 0 Å². The number of para-hydroxylation sites is 1. The maximum Gasteiger partial charge on any atom is 0.218 e. The molecule has 128 valence electrons. The predicted molar refractivity (Wildman–Crippen MR) is 99.0 cm³/mol. The molecule has 2 aromatic carbocycles. The predicted octanol–water partition coefficient (Wildman–Crippen LogP) is 5.06. The second kappa shape index (κ2) is 5.81. The Balaban J connectivity index is 1.80. The van der Waals surface area contributed by atoms with Crippen LogP contribution < -0.4 is 4.74 Å². The topological polar surface area (TPSA) is 45.1 Å². The van der Waals surface area contributed by atoms with Crippen LogP contribution >= 0.6 is 11.6 Å². The summed E-state index contributed by atoms with van der Waals surface area (Å²) < 4.78 is 6.21. The van der Waals surface area contributed by atoms with E-state index >= 15 is 0 Å². The Labute approximate surface area is 152 Å². The summed E-state index contributed by atoms with van der Waals surface area (Å²) in [7, 11) is 0. The van der Waals surface area contributed by atoms with Gasteiger partial charge in [0.1, 0.15) is 5.75 Å². The van der Waals surface area contributed by atoms with Crippen LogP contribution in [0.3, 0.4) is 0 Å². The van der Waals surface area contributed by atoms with E-state index in [2.05, 4.69) is 6.07 Å². The van der Waals surface area contributed by atoms with Crippen molar-refractivity contribution in [3.05, 3.63) is 76.5 Å². The Bertz CT molecular complexity index is 872. The summed E-state index contributed by atoms with van der Waals surface area (Å²) in [5.74, 6) is 1.03. The molecule has 1 N–H and O–H groups in total. The summed E-state index contributed by atoms with van der Waals surface area (Å²) in [6.07, 6.45) is 2.47. The molecule has 2 aliphatic heterocycles. The molecular formula is C20H19ClN2O2. The minimum Gasteiger partial charge on any atom is -0.513 e. The van der Waals surface area contributed by atoms with Crippen molar-refractivity contribution in [2.75, 3.05) is 0 Å². The smallest absolute Gasteiger partial charge is 0.218 e. The Morgan fingerprint density at radius 2 is 2.00 bits per heavy atom. The van der Waals surface area contributed by atoms with Crippen molar-refractivity contribution in [2.45, 2.75) is 32.0 Å². The molecule has 0 saturated carbocycles. The highest BCUT2D eigenvalue weighted by molar-refractivity contribution is 6.30. The molecule has 2 atom stereocenters. The van der Waals surface area contributed by atoms with Gasteiger partial charge < -0.3 is 9.84 Å². The van der Waals surface area contributed by atoms with Gasteiger partial charge in [0, 0.05) is 30.0 Å². The van der Waals surface area contributed by atoms with E-state index in [1.165, 1.54) is 0 Å². The second-order valence-corrected chi connectivity index (χ2v) is 7.03. The van der Waals surface area contributed by atoms with Crippen LogP contribution in [-0.4, -0.2) is 21.6 Å². The maximum atomic E-state index is 9.84. The van der Waals surface area contributed by atoms with Crippen molar-refractivity contribution in [2.24, 2.45) is 5.10 Å². The molecule has 0 fully saturated rings. The second-order valence-electron chi connectivity index (χ2n) is 6.60. The largest absolute Gasteiger partial charge is 0.513 e. The number of benzene rings is 2. The van der Waals surface area contributed by atoms with Crippen molar-refractivity contribution < 1.29 is 9.84 Å². The van der Waals surface area contributed by atoms with Gasteiger partial charge in [0.2, 0.25) is 5.72 Å². The van der Waals surface area contributed by atoms with E-state index in [0.29, 0.717) is 5.02 Å².